The molecule has 0 aromatic carbocycles. The van der Waals surface area contributed by atoms with E-state index in [4.69, 9.17) is 5.73 Å². The van der Waals surface area contributed by atoms with Crippen LogP contribution in [0.25, 0.3) is 0 Å². The molecule has 0 aromatic heterocycles. The van der Waals surface area contributed by atoms with Crippen LogP contribution < -0.4 is 11.1 Å². The molecule has 3 rings (SSSR count). The highest BCUT2D eigenvalue weighted by molar-refractivity contribution is 5.79. The molecule has 2 bridgehead atoms. The molecule has 1 amide bonds. The second kappa shape index (κ2) is 5.41. The van der Waals surface area contributed by atoms with E-state index in [-0.39, 0.29) is 5.92 Å². The summed E-state index contributed by atoms with van der Waals surface area (Å²) in [6.45, 7) is 4.90. The first kappa shape index (κ1) is 13.4. The Labute approximate surface area is 116 Å². The van der Waals surface area contributed by atoms with Gasteiger partial charge in [0, 0.05) is 37.6 Å². The first-order valence-corrected chi connectivity index (χ1v) is 7.93. The van der Waals surface area contributed by atoms with Crippen molar-refractivity contribution in [3.8, 4) is 0 Å². The Balaban J connectivity index is 1.67. The third-order valence-corrected chi connectivity index (χ3v) is 5.55. The lowest BCUT2D eigenvalue weighted by atomic mass is 9.65. The highest BCUT2D eigenvalue weighted by Crippen LogP contribution is 2.42. The van der Waals surface area contributed by atoms with E-state index in [2.05, 4.69) is 17.1 Å². The maximum atomic E-state index is 12.8. The minimum absolute atomic E-state index is 0.246. The van der Waals surface area contributed by atoms with Gasteiger partial charge in [0.25, 0.3) is 0 Å². The van der Waals surface area contributed by atoms with Gasteiger partial charge in [-0.2, -0.15) is 0 Å². The summed E-state index contributed by atoms with van der Waals surface area (Å²) in [6.07, 6.45) is 5.85. The molecule has 3 aliphatic rings. The maximum absolute atomic E-state index is 12.8. The Bertz CT molecular complexity index is 332. The van der Waals surface area contributed by atoms with Crippen molar-refractivity contribution in [1.29, 1.82) is 0 Å². The summed E-state index contributed by atoms with van der Waals surface area (Å²) in [5, 5.41) is 3.36. The van der Waals surface area contributed by atoms with E-state index in [1.54, 1.807) is 0 Å². The van der Waals surface area contributed by atoms with Gasteiger partial charge in [-0.15, -0.1) is 0 Å². The lowest BCUT2D eigenvalue weighted by Gasteiger charge is -2.45. The minimum atomic E-state index is 0.246. The van der Waals surface area contributed by atoms with Gasteiger partial charge in [0.15, 0.2) is 0 Å². The number of amides is 1. The lowest BCUT2D eigenvalue weighted by Crippen LogP contribution is -2.56. The van der Waals surface area contributed by atoms with Crippen molar-refractivity contribution in [2.45, 2.75) is 51.1 Å². The molecule has 2 aliphatic carbocycles. The molecule has 19 heavy (non-hydrogen) atoms. The van der Waals surface area contributed by atoms with E-state index >= 15 is 0 Å². The van der Waals surface area contributed by atoms with E-state index in [1.807, 2.05) is 0 Å². The number of carbonyl (C=O) groups is 1. The Kier molecular flexibility index (Phi) is 3.81. The summed E-state index contributed by atoms with van der Waals surface area (Å²) in [4.78, 5) is 14.9. The van der Waals surface area contributed by atoms with Crippen molar-refractivity contribution >= 4 is 5.91 Å². The lowest BCUT2D eigenvalue weighted by molar-refractivity contribution is -0.141. The monoisotopic (exact) mass is 265 g/mol. The van der Waals surface area contributed by atoms with Crippen molar-refractivity contribution in [3.63, 3.8) is 0 Å². The zero-order valence-electron chi connectivity index (χ0n) is 12.0. The highest BCUT2D eigenvalue weighted by atomic mass is 16.2. The van der Waals surface area contributed by atoms with E-state index in [0.717, 1.165) is 32.5 Å². The van der Waals surface area contributed by atoms with Gasteiger partial charge in [-0.3, -0.25) is 4.79 Å². The zero-order valence-corrected chi connectivity index (χ0v) is 12.0. The van der Waals surface area contributed by atoms with Gasteiger partial charge in [-0.25, -0.2) is 0 Å². The van der Waals surface area contributed by atoms with Crippen LogP contribution in [0, 0.1) is 17.8 Å². The van der Waals surface area contributed by atoms with E-state index in [9.17, 15) is 4.79 Å². The fourth-order valence-electron chi connectivity index (χ4n) is 4.39. The molecule has 3 N–H and O–H groups in total. The maximum Gasteiger partial charge on any atom is 0.226 e. The predicted octanol–water partition coefficient (Wildman–Crippen LogP) is 0.960. The van der Waals surface area contributed by atoms with Crippen LogP contribution in [-0.4, -0.2) is 42.5 Å². The molecule has 0 aromatic rings. The van der Waals surface area contributed by atoms with Crippen LogP contribution in [0.5, 0.6) is 0 Å². The SMILES string of the molecule is CC1CNCCN1C(=O)C1CC2CCCC(C1)C2N. The van der Waals surface area contributed by atoms with Gasteiger partial charge >= 0.3 is 0 Å². The van der Waals surface area contributed by atoms with E-state index < -0.39 is 0 Å². The van der Waals surface area contributed by atoms with Crippen LogP contribution in [0.2, 0.25) is 0 Å². The Morgan fingerprint density at radius 2 is 1.95 bits per heavy atom. The molecular formula is C15H27N3O. The molecule has 3 atom stereocenters. The Morgan fingerprint density at radius 1 is 1.26 bits per heavy atom. The van der Waals surface area contributed by atoms with Gasteiger partial charge in [-0.1, -0.05) is 6.42 Å². The van der Waals surface area contributed by atoms with Crippen molar-refractivity contribution in [2.24, 2.45) is 23.5 Å². The Hall–Kier alpha value is -0.610. The molecule has 1 aliphatic heterocycles. The van der Waals surface area contributed by atoms with Crippen molar-refractivity contribution < 1.29 is 4.79 Å². The molecule has 2 saturated carbocycles. The van der Waals surface area contributed by atoms with Crippen LogP contribution in [0.15, 0.2) is 0 Å². The number of fused-ring (bicyclic) bond motifs is 2. The summed E-state index contributed by atoms with van der Waals surface area (Å²) in [7, 11) is 0. The molecule has 3 fully saturated rings. The molecule has 0 radical (unpaired) electrons. The molecule has 108 valence electrons. The average Bonchev–Trinajstić information content (AvgIpc) is 2.38. The smallest absolute Gasteiger partial charge is 0.226 e. The van der Waals surface area contributed by atoms with Crippen LogP contribution in [0.3, 0.4) is 0 Å². The minimum Gasteiger partial charge on any atom is -0.337 e. The highest BCUT2D eigenvalue weighted by Gasteiger charge is 2.42. The molecule has 1 heterocycles. The van der Waals surface area contributed by atoms with Gasteiger partial charge < -0.3 is 16.0 Å². The second-order valence-corrected chi connectivity index (χ2v) is 6.78. The predicted molar refractivity (Wildman–Crippen MR) is 75.6 cm³/mol. The number of nitrogens with one attached hydrogen (secondary N) is 1. The molecule has 3 unspecified atom stereocenters. The number of carbonyl (C=O) groups excluding carboxylic acids is 1. The summed E-state index contributed by atoms with van der Waals surface area (Å²) < 4.78 is 0. The number of rotatable bonds is 1. The van der Waals surface area contributed by atoms with E-state index in [0.29, 0.717) is 29.8 Å². The molecule has 4 heteroatoms. The zero-order chi connectivity index (χ0) is 13.4. The first-order valence-electron chi connectivity index (χ1n) is 7.93. The van der Waals surface area contributed by atoms with E-state index in [1.165, 1.54) is 19.3 Å². The second-order valence-electron chi connectivity index (χ2n) is 6.78. The summed E-state index contributed by atoms with van der Waals surface area (Å²) in [5.74, 6) is 1.84. The topological polar surface area (TPSA) is 58.4 Å². The fourth-order valence-corrected chi connectivity index (χ4v) is 4.39. The third-order valence-electron chi connectivity index (χ3n) is 5.55. The van der Waals surface area contributed by atoms with Crippen molar-refractivity contribution in [3.05, 3.63) is 0 Å². The van der Waals surface area contributed by atoms with Gasteiger partial charge in [-0.05, 0) is 44.4 Å². The van der Waals surface area contributed by atoms with Crippen LogP contribution in [0.1, 0.15) is 39.0 Å². The van der Waals surface area contributed by atoms with Gasteiger partial charge in [0.2, 0.25) is 5.91 Å². The standard InChI is InChI=1S/C15H27N3O/c1-10-9-17-5-6-18(10)15(19)13-7-11-3-2-4-12(8-13)14(11)16/h10-14,17H,2-9,16H2,1H3. The number of nitrogens with two attached hydrogens (primary N) is 1. The summed E-state index contributed by atoms with van der Waals surface area (Å²) >= 11 is 0. The van der Waals surface area contributed by atoms with Crippen LogP contribution in [0.4, 0.5) is 0 Å². The van der Waals surface area contributed by atoms with Crippen LogP contribution in [-0.2, 0) is 4.79 Å². The fraction of sp³-hybridized carbons (Fsp3) is 0.933. The summed E-state index contributed by atoms with van der Waals surface area (Å²) in [6, 6.07) is 0.704. The van der Waals surface area contributed by atoms with Gasteiger partial charge in [0.1, 0.15) is 0 Å². The number of hydrogen-bond donors (Lipinski definition) is 2. The quantitative estimate of drug-likeness (QED) is 0.742. The Morgan fingerprint density at radius 3 is 2.58 bits per heavy atom. The van der Waals surface area contributed by atoms with Crippen molar-refractivity contribution in [1.82, 2.24) is 10.2 Å². The number of nitrogens with zero attached hydrogens (tertiary/aromatic N) is 1. The molecular weight excluding hydrogens is 238 g/mol. The molecule has 0 spiro atoms. The first-order chi connectivity index (χ1) is 9.16. The molecule has 1 saturated heterocycles. The molecule has 4 nitrogen and oxygen atoms in total. The van der Waals surface area contributed by atoms with Gasteiger partial charge in [0.05, 0.1) is 0 Å². The normalized spacial score (nSPS) is 43.1. The number of piperazine rings is 1. The third kappa shape index (κ3) is 2.52. The number of hydrogen-bond acceptors (Lipinski definition) is 3. The average molecular weight is 265 g/mol. The van der Waals surface area contributed by atoms with Crippen molar-refractivity contribution in [2.75, 3.05) is 19.6 Å². The largest absolute Gasteiger partial charge is 0.337 e. The summed E-state index contributed by atoms with van der Waals surface area (Å²) in [5.41, 5.74) is 6.32. The van der Waals surface area contributed by atoms with Crippen LogP contribution >= 0.6 is 0 Å².